The smallest absolute Gasteiger partial charge is 0.287 e. The largest absolute Gasteiger partial charge is 0.459 e. The lowest BCUT2D eigenvalue weighted by atomic mass is 9.99. The van der Waals surface area contributed by atoms with Crippen LogP contribution in [-0.4, -0.2) is 52.3 Å². The molecular formula is C24H30N6O2. The molecule has 0 saturated carbocycles. The van der Waals surface area contributed by atoms with E-state index in [0.29, 0.717) is 5.76 Å². The van der Waals surface area contributed by atoms with E-state index in [1.165, 1.54) is 35.9 Å². The molecule has 3 aromatic rings. The summed E-state index contributed by atoms with van der Waals surface area (Å²) in [6.07, 6.45) is 4.74. The molecule has 32 heavy (non-hydrogen) atoms. The highest BCUT2D eigenvalue weighted by Gasteiger charge is 2.24. The van der Waals surface area contributed by atoms with Gasteiger partial charge in [0.25, 0.3) is 5.91 Å². The van der Waals surface area contributed by atoms with Crippen molar-refractivity contribution in [1.82, 2.24) is 25.0 Å². The van der Waals surface area contributed by atoms with Crippen LogP contribution in [0.15, 0.2) is 41.0 Å². The Morgan fingerprint density at radius 2 is 2.06 bits per heavy atom. The number of furan rings is 1. The number of anilines is 1. The number of hydrogen-bond donors (Lipinski definition) is 1. The van der Waals surface area contributed by atoms with Crippen molar-refractivity contribution in [2.75, 3.05) is 31.6 Å². The SMILES string of the molecule is CC(NC(=O)c1ccco1)c1nnc2n1CCN(Cc1ccc3c(c1)CCCN3C)CC2. The lowest BCUT2D eigenvalue weighted by Gasteiger charge is -2.28. The summed E-state index contributed by atoms with van der Waals surface area (Å²) in [5.74, 6) is 1.83. The Morgan fingerprint density at radius 1 is 1.16 bits per heavy atom. The molecule has 2 aliphatic rings. The van der Waals surface area contributed by atoms with Gasteiger partial charge >= 0.3 is 0 Å². The van der Waals surface area contributed by atoms with Crippen molar-refractivity contribution in [2.45, 2.75) is 45.3 Å². The third-order valence-corrected chi connectivity index (χ3v) is 6.53. The van der Waals surface area contributed by atoms with Crippen LogP contribution in [0, 0.1) is 0 Å². The molecule has 0 aliphatic carbocycles. The fourth-order valence-electron chi connectivity index (χ4n) is 4.80. The predicted octanol–water partition coefficient (Wildman–Crippen LogP) is 2.80. The predicted molar refractivity (Wildman–Crippen MR) is 122 cm³/mol. The van der Waals surface area contributed by atoms with Crippen molar-refractivity contribution in [3.05, 3.63) is 65.1 Å². The summed E-state index contributed by atoms with van der Waals surface area (Å²) in [7, 11) is 2.18. The zero-order valence-electron chi connectivity index (χ0n) is 18.8. The number of amides is 1. The molecule has 1 N–H and O–H groups in total. The number of rotatable bonds is 5. The van der Waals surface area contributed by atoms with Gasteiger partial charge in [-0.15, -0.1) is 10.2 Å². The van der Waals surface area contributed by atoms with E-state index < -0.39 is 0 Å². The molecule has 1 unspecified atom stereocenters. The molecule has 8 nitrogen and oxygen atoms in total. The molecule has 0 spiro atoms. The third-order valence-electron chi connectivity index (χ3n) is 6.53. The fourth-order valence-corrected chi connectivity index (χ4v) is 4.80. The minimum Gasteiger partial charge on any atom is -0.459 e. The maximum absolute atomic E-state index is 12.4. The van der Waals surface area contributed by atoms with Crippen molar-refractivity contribution < 1.29 is 9.21 Å². The number of hydrogen-bond acceptors (Lipinski definition) is 6. The van der Waals surface area contributed by atoms with Crippen LogP contribution in [0.5, 0.6) is 0 Å². The van der Waals surface area contributed by atoms with Gasteiger partial charge in [-0.2, -0.15) is 0 Å². The number of nitrogens with zero attached hydrogens (tertiary/aromatic N) is 5. The monoisotopic (exact) mass is 434 g/mol. The molecule has 168 valence electrons. The van der Waals surface area contributed by atoms with Gasteiger partial charge in [-0.25, -0.2) is 0 Å². The summed E-state index contributed by atoms with van der Waals surface area (Å²) in [4.78, 5) is 17.2. The van der Waals surface area contributed by atoms with E-state index in [4.69, 9.17) is 4.42 Å². The van der Waals surface area contributed by atoms with E-state index in [1.807, 2.05) is 6.92 Å². The summed E-state index contributed by atoms with van der Waals surface area (Å²) in [6.45, 7) is 6.70. The van der Waals surface area contributed by atoms with Crippen LogP contribution in [-0.2, 0) is 25.9 Å². The van der Waals surface area contributed by atoms with Crippen molar-refractivity contribution in [2.24, 2.45) is 0 Å². The molecule has 1 aromatic carbocycles. The summed E-state index contributed by atoms with van der Waals surface area (Å²) >= 11 is 0. The summed E-state index contributed by atoms with van der Waals surface area (Å²) in [6, 6.07) is 10.0. The molecule has 0 fully saturated rings. The molecule has 4 heterocycles. The maximum Gasteiger partial charge on any atom is 0.287 e. The van der Waals surface area contributed by atoms with Gasteiger partial charge in [0.1, 0.15) is 5.82 Å². The third kappa shape index (κ3) is 4.14. The first-order chi connectivity index (χ1) is 15.6. The van der Waals surface area contributed by atoms with Crippen LogP contribution < -0.4 is 10.2 Å². The Labute approximate surface area is 188 Å². The van der Waals surface area contributed by atoms with E-state index in [-0.39, 0.29) is 11.9 Å². The lowest BCUT2D eigenvalue weighted by molar-refractivity contribution is 0.0909. The lowest BCUT2D eigenvalue weighted by Crippen LogP contribution is -2.30. The molecule has 2 aliphatic heterocycles. The van der Waals surface area contributed by atoms with Crippen LogP contribution in [0.4, 0.5) is 5.69 Å². The van der Waals surface area contributed by atoms with Crippen LogP contribution in [0.3, 0.4) is 0 Å². The van der Waals surface area contributed by atoms with Crippen molar-refractivity contribution in [3.63, 3.8) is 0 Å². The first-order valence-electron chi connectivity index (χ1n) is 11.4. The number of benzene rings is 1. The first-order valence-corrected chi connectivity index (χ1v) is 11.4. The molecular weight excluding hydrogens is 404 g/mol. The van der Waals surface area contributed by atoms with Crippen molar-refractivity contribution in [3.8, 4) is 0 Å². The number of aromatic nitrogens is 3. The molecule has 8 heteroatoms. The summed E-state index contributed by atoms with van der Waals surface area (Å²) in [5.41, 5.74) is 4.21. The number of fused-ring (bicyclic) bond motifs is 2. The van der Waals surface area contributed by atoms with Crippen LogP contribution in [0.25, 0.3) is 0 Å². The normalized spacial score (nSPS) is 17.4. The summed E-state index contributed by atoms with van der Waals surface area (Å²) < 4.78 is 7.35. The molecule has 1 amide bonds. The standard InChI is InChI=1S/C24H30N6O2/c1-17(25-24(31)21-6-4-14-32-21)23-27-26-22-9-11-29(12-13-30(22)23)16-18-7-8-20-19(15-18)5-3-10-28(20)2/h4,6-8,14-15,17H,3,5,9-13,16H2,1-2H3,(H,25,31). The zero-order valence-corrected chi connectivity index (χ0v) is 18.8. The second-order valence-corrected chi connectivity index (χ2v) is 8.81. The molecule has 0 saturated heterocycles. The van der Waals surface area contributed by atoms with Crippen molar-refractivity contribution >= 4 is 11.6 Å². The maximum atomic E-state index is 12.4. The number of aryl methyl sites for hydroxylation is 1. The van der Waals surface area contributed by atoms with E-state index >= 15 is 0 Å². The fraction of sp³-hybridized carbons (Fsp3) is 0.458. The van der Waals surface area contributed by atoms with Crippen LogP contribution in [0.1, 0.15) is 52.7 Å². The average Bonchev–Trinajstić information content (AvgIpc) is 3.42. The second kappa shape index (κ2) is 8.78. The van der Waals surface area contributed by atoms with Crippen LogP contribution >= 0.6 is 0 Å². The van der Waals surface area contributed by atoms with Gasteiger partial charge in [0.15, 0.2) is 11.6 Å². The number of carbonyl (C=O) groups is 1. The molecule has 1 atom stereocenters. The molecule has 5 rings (SSSR count). The van der Waals surface area contributed by atoms with Gasteiger partial charge in [-0.3, -0.25) is 9.69 Å². The second-order valence-electron chi connectivity index (χ2n) is 8.81. The molecule has 0 radical (unpaired) electrons. The first kappa shape index (κ1) is 20.8. The highest BCUT2D eigenvalue weighted by molar-refractivity contribution is 5.91. The van der Waals surface area contributed by atoms with E-state index in [9.17, 15) is 4.79 Å². The topological polar surface area (TPSA) is 79.4 Å². The highest BCUT2D eigenvalue weighted by atomic mass is 16.3. The van der Waals surface area contributed by atoms with Gasteiger partial charge in [-0.05, 0) is 49.1 Å². The molecule has 2 aromatic heterocycles. The highest BCUT2D eigenvalue weighted by Crippen LogP contribution is 2.27. The number of carbonyl (C=O) groups excluding carboxylic acids is 1. The number of nitrogens with one attached hydrogen (secondary N) is 1. The van der Waals surface area contributed by atoms with E-state index in [0.717, 1.165) is 50.8 Å². The van der Waals surface area contributed by atoms with Gasteiger partial charge in [0.2, 0.25) is 0 Å². The molecule has 0 bridgehead atoms. The van der Waals surface area contributed by atoms with Crippen molar-refractivity contribution in [1.29, 1.82) is 0 Å². The van der Waals surface area contributed by atoms with Gasteiger partial charge in [0, 0.05) is 51.9 Å². The quantitative estimate of drug-likeness (QED) is 0.665. The zero-order chi connectivity index (χ0) is 22.1. The van der Waals surface area contributed by atoms with Gasteiger partial charge in [-0.1, -0.05) is 12.1 Å². The minimum absolute atomic E-state index is 0.242. The van der Waals surface area contributed by atoms with Gasteiger partial charge in [0.05, 0.1) is 12.3 Å². The Bertz CT molecular complexity index is 1090. The van der Waals surface area contributed by atoms with Gasteiger partial charge < -0.3 is 19.2 Å². The van der Waals surface area contributed by atoms with Crippen LogP contribution in [0.2, 0.25) is 0 Å². The summed E-state index contributed by atoms with van der Waals surface area (Å²) in [5, 5.41) is 11.8. The van der Waals surface area contributed by atoms with E-state index in [2.05, 4.69) is 55.1 Å². The minimum atomic E-state index is -0.252. The van der Waals surface area contributed by atoms with E-state index in [1.54, 1.807) is 12.1 Å². The Balaban J connectivity index is 1.24. The average molecular weight is 435 g/mol. The Morgan fingerprint density at radius 3 is 2.91 bits per heavy atom. The Hall–Kier alpha value is -3.13. The Kier molecular flexibility index (Phi) is 5.70.